The van der Waals surface area contributed by atoms with E-state index in [-0.39, 0.29) is 43.4 Å². The van der Waals surface area contributed by atoms with Crippen molar-refractivity contribution in [2.75, 3.05) is 0 Å². The standard InChI is InChI=1S/C59H90O7/c1-16-48(50(60)18-3)32-28-29-37-58(42-41-55(64,23-8)24-9)57(39-34-49(17-2)51(61)19-4,38-33-46(13)44-56(65,25-10)26-11)53(40-43-59(58,66)27-12,45-47(14)52(15,62)20-5)35-30-31-36-54(63,21-6)22-7/h3-6,8,10,12,46-51,60-66H,16-17,22,24,26,28-45H2,1-2,7,9,11,13-15H3. The molecule has 0 amide bonds. The lowest BCUT2D eigenvalue weighted by atomic mass is 9.34. The van der Waals surface area contributed by atoms with E-state index in [9.17, 15) is 35.7 Å². The van der Waals surface area contributed by atoms with Crippen LogP contribution < -0.4 is 0 Å². The van der Waals surface area contributed by atoms with E-state index in [0.717, 1.165) is 0 Å². The van der Waals surface area contributed by atoms with Gasteiger partial charge in [-0.15, -0.1) is 45.0 Å². The molecule has 0 aliphatic heterocycles. The minimum atomic E-state index is -1.73. The van der Waals surface area contributed by atoms with E-state index in [1.165, 1.54) is 0 Å². The topological polar surface area (TPSA) is 142 Å². The van der Waals surface area contributed by atoms with Crippen LogP contribution in [0.15, 0.2) is 0 Å². The fourth-order valence-electron chi connectivity index (χ4n) is 12.0. The minimum absolute atomic E-state index is 0.104. The normalized spacial score (nSPS) is 28.1. The summed E-state index contributed by atoms with van der Waals surface area (Å²) in [6.07, 6.45) is 50.9. The Hall–Kier alpha value is -3.36. The van der Waals surface area contributed by atoms with Crippen LogP contribution in [-0.2, 0) is 0 Å². The van der Waals surface area contributed by atoms with E-state index in [4.69, 9.17) is 45.0 Å². The third-order valence-electron chi connectivity index (χ3n) is 17.3. The summed E-state index contributed by atoms with van der Waals surface area (Å²) in [5.41, 5.74) is -10.2. The zero-order chi connectivity index (χ0) is 50.7. The molecule has 7 heteroatoms. The molecule has 14 unspecified atom stereocenters. The summed E-state index contributed by atoms with van der Waals surface area (Å²) in [6, 6.07) is 0. The van der Waals surface area contributed by atoms with Gasteiger partial charge in [-0.25, -0.2) is 0 Å². The summed E-state index contributed by atoms with van der Waals surface area (Å²) in [4.78, 5) is 0. The SMILES string of the molecule is C#CC(O)C(CC)CCCCC1(CCC(O)(C#C)CC)C(O)(C#C)CCC(CCCCC(O)(C#C)CC)(CC(C)C(C)(O)C#C)C1(CCC(C)CC(O)(C#C)CC)CCC(CC)C(O)C#C. The van der Waals surface area contributed by atoms with E-state index >= 15 is 0 Å². The second-order valence-electron chi connectivity index (χ2n) is 20.8. The van der Waals surface area contributed by atoms with E-state index in [2.05, 4.69) is 48.4 Å². The van der Waals surface area contributed by atoms with E-state index in [0.29, 0.717) is 122 Å². The zero-order valence-corrected chi connectivity index (χ0v) is 42.4. The summed E-state index contributed by atoms with van der Waals surface area (Å²) < 4.78 is 0. The van der Waals surface area contributed by atoms with Gasteiger partial charge >= 0.3 is 0 Å². The Balaban J connectivity index is 4.78. The van der Waals surface area contributed by atoms with Crippen molar-refractivity contribution in [3.8, 4) is 86.4 Å². The van der Waals surface area contributed by atoms with Crippen molar-refractivity contribution in [2.45, 2.75) is 243 Å². The van der Waals surface area contributed by atoms with Gasteiger partial charge in [0.2, 0.25) is 0 Å². The van der Waals surface area contributed by atoms with Crippen LogP contribution in [0.25, 0.3) is 0 Å². The largest absolute Gasteiger partial charge is 0.380 e. The first kappa shape index (κ1) is 60.7. The number of aliphatic hydroxyl groups is 7. The quantitative estimate of drug-likeness (QED) is 0.0272. The third-order valence-corrected chi connectivity index (χ3v) is 17.3. The molecule has 0 aromatic rings. The van der Waals surface area contributed by atoms with Gasteiger partial charge in [0.25, 0.3) is 0 Å². The van der Waals surface area contributed by atoms with Crippen LogP contribution in [-0.4, -0.2) is 76.0 Å². The van der Waals surface area contributed by atoms with Gasteiger partial charge < -0.3 is 35.7 Å². The second-order valence-corrected chi connectivity index (χ2v) is 20.8. The Morgan fingerprint density at radius 2 is 1.06 bits per heavy atom. The number of aliphatic hydroxyl groups excluding tert-OH is 2. The van der Waals surface area contributed by atoms with Crippen LogP contribution in [0.2, 0.25) is 0 Å². The fourth-order valence-corrected chi connectivity index (χ4v) is 12.0. The van der Waals surface area contributed by atoms with Crippen LogP contribution in [0, 0.1) is 126 Å². The van der Waals surface area contributed by atoms with E-state index in [1.54, 1.807) is 6.92 Å². The molecule has 0 aromatic heterocycles. The van der Waals surface area contributed by atoms with Gasteiger partial charge in [-0.1, -0.05) is 109 Å². The van der Waals surface area contributed by atoms with Gasteiger partial charge in [-0.3, -0.25) is 0 Å². The van der Waals surface area contributed by atoms with Crippen molar-refractivity contribution in [1.82, 2.24) is 0 Å². The highest BCUT2D eigenvalue weighted by molar-refractivity contribution is 5.29. The fraction of sp³-hybridized carbons (Fsp3) is 0.763. The van der Waals surface area contributed by atoms with Crippen molar-refractivity contribution in [1.29, 1.82) is 0 Å². The molecule has 7 nitrogen and oxygen atoms in total. The van der Waals surface area contributed by atoms with Gasteiger partial charge in [0.1, 0.15) is 40.2 Å². The Labute approximate surface area is 403 Å². The average Bonchev–Trinajstić information content (AvgIpc) is 3.32. The summed E-state index contributed by atoms with van der Waals surface area (Å²) >= 11 is 0. The molecule has 1 saturated carbocycles. The molecule has 0 saturated heterocycles. The molecular weight excluding hydrogens is 821 g/mol. The molecule has 14 atom stereocenters. The van der Waals surface area contributed by atoms with Crippen LogP contribution in [0.3, 0.4) is 0 Å². The molecule has 1 aliphatic carbocycles. The van der Waals surface area contributed by atoms with Crippen LogP contribution in [0.1, 0.15) is 203 Å². The highest BCUT2D eigenvalue weighted by Crippen LogP contribution is 2.74. The second kappa shape index (κ2) is 26.4. The van der Waals surface area contributed by atoms with Crippen molar-refractivity contribution in [3.63, 3.8) is 0 Å². The maximum atomic E-state index is 13.6. The summed E-state index contributed by atoms with van der Waals surface area (Å²) in [5, 5.41) is 82.4. The summed E-state index contributed by atoms with van der Waals surface area (Å²) in [5.74, 6) is 17.6. The van der Waals surface area contributed by atoms with Gasteiger partial charge in [0.05, 0.1) is 0 Å². The molecule has 7 N–H and O–H groups in total. The average molecular weight is 911 g/mol. The molecule has 1 rings (SSSR count). The number of hydrogen-bond acceptors (Lipinski definition) is 7. The van der Waals surface area contributed by atoms with Crippen molar-refractivity contribution in [3.05, 3.63) is 0 Å². The number of hydrogen-bond donors (Lipinski definition) is 7. The molecule has 1 fully saturated rings. The van der Waals surface area contributed by atoms with Gasteiger partial charge in [-0.2, -0.15) is 0 Å². The Morgan fingerprint density at radius 3 is 1.53 bits per heavy atom. The summed E-state index contributed by atoms with van der Waals surface area (Å²) in [7, 11) is 0. The molecule has 1 aliphatic rings. The first-order valence-corrected chi connectivity index (χ1v) is 25.2. The predicted molar refractivity (Wildman–Crippen MR) is 271 cm³/mol. The molecule has 0 aromatic carbocycles. The third kappa shape index (κ3) is 14.3. The number of rotatable bonds is 31. The molecule has 0 radical (unpaired) electrons. The Morgan fingerprint density at radius 1 is 0.561 bits per heavy atom. The lowest BCUT2D eigenvalue weighted by Gasteiger charge is -2.70. The van der Waals surface area contributed by atoms with Crippen LogP contribution in [0.4, 0.5) is 0 Å². The van der Waals surface area contributed by atoms with E-state index in [1.807, 2.05) is 41.5 Å². The van der Waals surface area contributed by atoms with Crippen LogP contribution >= 0.6 is 0 Å². The smallest absolute Gasteiger partial charge is 0.131 e. The van der Waals surface area contributed by atoms with Crippen molar-refractivity contribution < 1.29 is 35.7 Å². The minimum Gasteiger partial charge on any atom is -0.380 e. The maximum Gasteiger partial charge on any atom is 0.131 e. The number of unbranched alkanes of at least 4 members (excludes halogenated alkanes) is 2. The monoisotopic (exact) mass is 911 g/mol. The molecule has 368 valence electrons. The molecule has 0 bridgehead atoms. The lowest BCUT2D eigenvalue weighted by molar-refractivity contribution is -0.251. The predicted octanol–water partition coefficient (Wildman–Crippen LogP) is 9.37. The molecule has 0 spiro atoms. The molecule has 0 heterocycles. The highest BCUT2D eigenvalue weighted by Gasteiger charge is 2.71. The first-order valence-electron chi connectivity index (χ1n) is 25.2. The lowest BCUT2D eigenvalue weighted by Crippen LogP contribution is -2.68. The maximum absolute atomic E-state index is 13.6. The molecule has 66 heavy (non-hydrogen) atoms. The summed E-state index contributed by atoms with van der Waals surface area (Å²) in [6.45, 7) is 15.3. The Kier molecular flexibility index (Phi) is 24.3. The molecular formula is C59H90O7. The first-order chi connectivity index (χ1) is 30.9. The van der Waals surface area contributed by atoms with Gasteiger partial charge in [0.15, 0.2) is 0 Å². The zero-order valence-electron chi connectivity index (χ0n) is 42.4. The van der Waals surface area contributed by atoms with Gasteiger partial charge in [0, 0.05) is 5.41 Å². The van der Waals surface area contributed by atoms with Crippen molar-refractivity contribution >= 4 is 0 Å². The highest BCUT2D eigenvalue weighted by atomic mass is 16.3. The van der Waals surface area contributed by atoms with E-state index < -0.39 is 62.4 Å². The van der Waals surface area contributed by atoms with Crippen LogP contribution in [0.5, 0.6) is 0 Å². The number of terminal acetylenes is 7. The van der Waals surface area contributed by atoms with Crippen molar-refractivity contribution in [2.24, 2.45) is 39.9 Å². The Bertz CT molecular complexity index is 1800. The van der Waals surface area contributed by atoms with Gasteiger partial charge in [-0.05, 0) is 170 Å².